The first-order valence-electron chi connectivity index (χ1n) is 11.5. The van der Waals surface area contributed by atoms with Crippen LogP contribution in [0.3, 0.4) is 0 Å². The molecule has 0 spiro atoms. The number of ether oxygens (including phenoxy) is 1. The van der Waals surface area contributed by atoms with Gasteiger partial charge in [0, 0.05) is 55.4 Å². The van der Waals surface area contributed by atoms with Crippen molar-refractivity contribution in [3.05, 3.63) is 42.2 Å². The van der Waals surface area contributed by atoms with E-state index in [-0.39, 0.29) is 6.04 Å². The quantitative estimate of drug-likeness (QED) is 0.517. The molecule has 0 radical (unpaired) electrons. The van der Waals surface area contributed by atoms with Gasteiger partial charge in [0.15, 0.2) is 0 Å². The molecule has 11 heteroatoms. The summed E-state index contributed by atoms with van der Waals surface area (Å²) in [5.41, 5.74) is 3.64. The van der Waals surface area contributed by atoms with Crippen LogP contribution in [0.15, 0.2) is 36.5 Å². The van der Waals surface area contributed by atoms with Gasteiger partial charge < -0.3 is 15.0 Å². The van der Waals surface area contributed by atoms with E-state index < -0.39 is 12.7 Å². The molecule has 0 unspecified atom stereocenters. The van der Waals surface area contributed by atoms with Crippen molar-refractivity contribution in [3.8, 4) is 16.9 Å². The van der Waals surface area contributed by atoms with Gasteiger partial charge in [-0.1, -0.05) is 0 Å². The standard InChI is InChI=1S/C24H30F3N7O/c1-16(2)34-23(33-11-9-32(10-12-33)15-24(25,26)27)30-22(31-34)29-19-5-6-20(21(14-19)35-4)18-7-8-28-17(3)13-18/h5-8,13-14,16H,9-12,15H2,1-4H3,(H,29,31). The van der Waals surface area contributed by atoms with Gasteiger partial charge in [0.2, 0.25) is 11.9 Å². The molecule has 1 aromatic carbocycles. The molecule has 3 aromatic rings. The Kier molecular flexibility index (Phi) is 7.15. The Labute approximate surface area is 202 Å². The summed E-state index contributed by atoms with van der Waals surface area (Å²) in [6.07, 6.45) is -2.42. The predicted octanol–water partition coefficient (Wildman–Crippen LogP) is 4.67. The first-order chi connectivity index (χ1) is 16.6. The molecular formula is C24H30F3N7O. The second kappa shape index (κ2) is 10.1. The Balaban J connectivity index is 1.52. The van der Waals surface area contributed by atoms with Gasteiger partial charge in [-0.2, -0.15) is 18.2 Å². The average Bonchev–Trinajstić information content (AvgIpc) is 3.22. The molecule has 0 saturated carbocycles. The summed E-state index contributed by atoms with van der Waals surface area (Å²) < 4.78 is 45.6. The summed E-state index contributed by atoms with van der Waals surface area (Å²) in [4.78, 5) is 12.3. The van der Waals surface area contributed by atoms with E-state index >= 15 is 0 Å². The van der Waals surface area contributed by atoms with Crippen LogP contribution in [-0.2, 0) is 0 Å². The molecule has 0 amide bonds. The van der Waals surface area contributed by atoms with E-state index in [2.05, 4.69) is 20.4 Å². The molecule has 1 fully saturated rings. The minimum Gasteiger partial charge on any atom is -0.496 e. The van der Waals surface area contributed by atoms with E-state index in [0.29, 0.717) is 43.8 Å². The fourth-order valence-electron chi connectivity index (χ4n) is 4.14. The zero-order valence-electron chi connectivity index (χ0n) is 20.3. The number of rotatable bonds is 7. The molecule has 35 heavy (non-hydrogen) atoms. The normalized spacial score (nSPS) is 15.0. The lowest BCUT2D eigenvalue weighted by Crippen LogP contribution is -2.50. The van der Waals surface area contributed by atoms with Crippen molar-refractivity contribution in [2.45, 2.75) is 33.0 Å². The molecule has 1 aliphatic rings. The topological polar surface area (TPSA) is 71.3 Å². The minimum absolute atomic E-state index is 0.0353. The lowest BCUT2D eigenvalue weighted by molar-refractivity contribution is -0.146. The number of anilines is 3. The second-order valence-corrected chi connectivity index (χ2v) is 8.88. The fraction of sp³-hybridized carbons (Fsp3) is 0.458. The van der Waals surface area contributed by atoms with Gasteiger partial charge in [-0.15, -0.1) is 5.10 Å². The van der Waals surface area contributed by atoms with Gasteiger partial charge in [-0.25, -0.2) is 4.68 Å². The smallest absolute Gasteiger partial charge is 0.401 e. The highest BCUT2D eigenvalue weighted by Crippen LogP contribution is 2.33. The van der Waals surface area contributed by atoms with Crippen LogP contribution in [0.4, 0.5) is 30.8 Å². The van der Waals surface area contributed by atoms with Crippen molar-refractivity contribution in [2.24, 2.45) is 0 Å². The zero-order chi connectivity index (χ0) is 25.2. The van der Waals surface area contributed by atoms with Crippen LogP contribution < -0.4 is 15.0 Å². The molecular weight excluding hydrogens is 459 g/mol. The molecule has 2 aromatic heterocycles. The largest absolute Gasteiger partial charge is 0.496 e. The highest BCUT2D eigenvalue weighted by molar-refractivity contribution is 5.74. The maximum atomic E-state index is 12.7. The number of halogens is 3. The van der Waals surface area contributed by atoms with Crippen LogP contribution in [0.2, 0.25) is 0 Å². The molecule has 0 bridgehead atoms. The highest BCUT2D eigenvalue weighted by atomic mass is 19.4. The van der Waals surface area contributed by atoms with E-state index in [0.717, 1.165) is 22.5 Å². The number of aromatic nitrogens is 4. The van der Waals surface area contributed by atoms with Gasteiger partial charge in [0.05, 0.1) is 19.7 Å². The Morgan fingerprint density at radius 1 is 1.09 bits per heavy atom. The molecule has 1 N–H and O–H groups in total. The van der Waals surface area contributed by atoms with E-state index in [9.17, 15) is 13.2 Å². The predicted molar refractivity (Wildman–Crippen MR) is 129 cm³/mol. The van der Waals surface area contributed by atoms with Gasteiger partial charge >= 0.3 is 6.18 Å². The van der Waals surface area contributed by atoms with Gasteiger partial charge in [0.1, 0.15) is 5.75 Å². The molecule has 8 nitrogen and oxygen atoms in total. The number of hydrogen-bond acceptors (Lipinski definition) is 7. The number of aryl methyl sites for hydroxylation is 1. The monoisotopic (exact) mass is 489 g/mol. The molecule has 1 saturated heterocycles. The number of alkyl halides is 3. The SMILES string of the molecule is COc1cc(Nc2nc(N3CCN(CC(F)(F)F)CC3)n(C(C)C)n2)ccc1-c1ccnc(C)c1. The Morgan fingerprint density at radius 3 is 2.46 bits per heavy atom. The number of hydrogen-bond donors (Lipinski definition) is 1. The Hall–Kier alpha value is -3.34. The van der Waals surface area contributed by atoms with E-state index in [1.165, 1.54) is 4.90 Å². The van der Waals surface area contributed by atoms with Crippen molar-refractivity contribution >= 4 is 17.6 Å². The summed E-state index contributed by atoms with van der Waals surface area (Å²) in [5, 5.41) is 7.86. The lowest BCUT2D eigenvalue weighted by Gasteiger charge is -2.35. The maximum absolute atomic E-state index is 12.7. The van der Waals surface area contributed by atoms with E-state index in [1.54, 1.807) is 18.0 Å². The highest BCUT2D eigenvalue weighted by Gasteiger charge is 2.33. The number of pyridine rings is 1. The van der Waals surface area contributed by atoms with Crippen molar-refractivity contribution < 1.29 is 17.9 Å². The lowest BCUT2D eigenvalue weighted by atomic mass is 10.0. The van der Waals surface area contributed by atoms with Gasteiger partial charge in [0.25, 0.3) is 0 Å². The first-order valence-corrected chi connectivity index (χ1v) is 11.5. The number of nitrogens with one attached hydrogen (secondary N) is 1. The van der Waals surface area contributed by atoms with Crippen LogP contribution >= 0.6 is 0 Å². The Bertz CT molecular complexity index is 1150. The minimum atomic E-state index is -4.19. The zero-order valence-corrected chi connectivity index (χ0v) is 20.3. The number of benzene rings is 1. The average molecular weight is 490 g/mol. The number of piperazine rings is 1. The van der Waals surface area contributed by atoms with Crippen LogP contribution in [0.5, 0.6) is 5.75 Å². The number of methoxy groups -OCH3 is 1. The van der Waals surface area contributed by atoms with Crippen LogP contribution in [0, 0.1) is 6.92 Å². The van der Waals surface area contributed by atoms with Crippen molar-refractivity contribution in [3.63, 3.8) is 0 Å². The molecule has 1 aliphatic heterocycles. The Morgan fingerprint density at radius 2 is 1.83 bits per heavy atom. The molecule has 0 aliphatic carbocycles. The number of nitrogens with zero attached hydrogens (tertiary/aromatic N) is 6. The van der Waals surface area contributed by atoms with Gasteiger partial charge in [-0.05, 0) is 50.6 Å². The summed E-state index contributed by atoms with van der Waals surface area (Å²) >= 11 is 0. The van der Waals surface area contributed by atoms with Crippen LogP contribution in [0.1, 0.15) is 25.6 Å². The van der Waals surface area contributed by atoms with E-state index in [1.807, 2.05) is 56.0 Å². The van der Waals surface area contributed by atoms with E-state index in [4.69, 9.17) is 4.74 Å². The second-order valence-electron chi connectivity index (χ2n) is 8.88. The molecule has 188 valence electrons. The van der Waals surface area contributed by atoms with Crippen molar-refractivity contribution in [2.75, 3.05) is 50.1 Å². The third kappa shape index (κ3) is 6.02. The fourth-order valence-corrected chi connectivity index (χ4v) is 4.14. The first kappa shape index (κ1) is 24.8. The third-order valence-corrected chi connectivity index (χ3v) is 5.83. The maximum Gasteiger partial charge on any atom is 0.401 e. The van der Waals surface area contributed by atoms with Gasteiger partial charge in [-0.3, -0.25) is 9.88 Å². The summed E-state index contributed by atoms with van der Waals surface area (Å²) in [6.45, 7) is 6.59. The summed E-state index contributed by atoms with van der Waals surface area (Å²) in [7, 11) is 1.62. The van der Waals surface area contributed by atoms with Crippen molar-refractivity contribution in [1.82, 2.24) is 24.6 Å². The summed E-state index contributed by atoms with van der Waals surface area (Å²) in [6, 6.07) is 9.75. The molecule has 3 heterocycles. The van der Waals surface area contributed by atoms with Crippen LogP contribution in [0.25, 0.3) is 11.1 Å². The summed E-state index contributed by atoms with van der Waals surface area (Å²) in [5.74, 6) is 1.76. The molecule has 4 rings (SSSR count). The third-order valence-electron chi connectivity index (χ3n) is 5.83. The molecule has 0 atom stereocenters. The van der Waals surface area contributed by atoms with Crippen LogP contribution in [-0.4, -0.2) is 70.7 Å². The van der Waals surface area contributed by atoms with Crippen molar-refractivity contribution in [1.29, 1.82) is 0 Å².